The fourth-order valence-electron chi connectivity index (χ4n) is 1.86. The van der Waals surface area contributed by atoms with E-state index in [9.17, 15) is 4.79 Å². The number of halogens is 3. The van der Waals surface area contributed by atoms with Crippen molar-refractivity contribution in [1.29, 1.82) is 0 Å². The maximum atomic E-state index is 12.1. The Balaban J connectivity index is 2.15. The predicted octanol–water partition coefficient (Wildman–Crippen LogP) is 4.54. The Labute approximate surface area is 157 Å². The molecule has 5 nitrogen and oxygen atoms in total. The summed E-state index contributed by atoms with van der Waals surface area (Å²) in [6.07, 6.45) is 1.48. The molecule has 2 rings (SSSR count). The Hall–Kier alpha value is -1.76. The summed E-state index contributed by atoms with van der Waals surface area (Å²) in [4.78, 5) is 12.1. The number of nitrogens with zero attached hydrogens (tertiary/aromatic N) is 1. The van der Waals surface area contributed by atoms with Crippen LogP contribution in [-0.4, -0.2) is 26.3 Å². The number of carbonyl (C=O) groups is 1. The van der Waals surface area contributed by atoms with Gasteiger partial charge in [-0.2, -0.15) is 5.10 Å². The second-order valence-corrected chi connectivity index (χ2v) is 6.25. The van der Waals surface area contributed by atoms with Crippen molar-refractivity contribution in [3.05, 3.63) is 56.0 Å². The lowest BCUT2D eigenvalue weighted by atomic mass is 10.2. The van der Waals surface area contributed by atoms with Gasteiger partial charge >= 0.3 is 0 Å². The third-order valence-corrected chi connectivity index (χ3v) is 4.28. The van der Waals surface area contributed by atoms with E-state index in [1.807, 2.05) is 0 Å². The summed E-state index contributed by atoms with van der Waals surface area (Å²) in [6, 6.07) is 8.08. The molecule has 0 aliphatic carbocycles. The van der Waals surface area contributed by atoms with Crippen LogP contribution in [0.15, 0.2) is 39.9 Å². The number of carbonyl (C=O) groups excluding carboxylic acids is 1. The molecule has 24 heavy (non-hydrogen) atoms. The Morgan fingerprint density at radius 2 is 1.83 bits per heavy atom. The molecular formula is C16H13BrCl2N2O3. The first-order chi connectivity index (χ1) is 11.5. The van der Waals surface area contributed by atoms with Gasteiger partial charge in [0.25, 0.3) is 5.91 Å². The van der Waals surface area contributed by atoms with Crippen LogP contribution in [0.25, 0.3) is 0 Å². The fraction of sp³-hybridized carbons (Fsp3) is 0.125. The first-order valence-electron chi connectivity index (χ1n) is 6.66. The highest BCUT2D eigenvalue weighted by Gasteiger charge is 2.11. The van der Waals surface area contributed by atoms with Gasteiger partial charge < -0.3 is 9.47 Å². The number of benzene rings is 2. The molecule has 126 valence electrons. The minimum atomic E-state index is -0.440. The third kappa shape index (κ3) is 4.41. The predicted molar refractivity (Wildman–Crippen MR) is 98.8 cm³/mol. The van der Waals surface area contributed by atoms with Crippen molar-refractivity contribution < 1.29 is 14.3 Å². The quantitative estimate of drug-likeness (QED) is 0.558. The smallest absolute Gasteiger partial charge is 0.272 e. The normalized spacial score (nSPS) is 10.7. The van der Waals surface area contributed by atoms with Crippen molar-refractivity contribution in [3.63, 3.8) is 0 Å². The number of hydrazone groups is 1. The molecule has 0 unspecified atom stereocenters. The number of amides is 1. The molecule has 8 heteroatoms. The number of rotatable bonds is 5. The molecule has 0 aromatic heterocycles. The molecule has 0 saturated heterocycles. The van der Waals surface area contributed by atoms with E-state index in [0.29, 0.717) is 22.1 Å². The van der Waals surface area contributed by atoms with Crippen LogP contribution >= 0.6 is 39.1 Å². The minimum Gasteiger partial charge on any atom is -0.493 e. The van der Waals surface area contributed by atoms with Crippen molar-refractivity contribution >= 4 is 51.3 Å². The molecule has 0 saturated carbocycles. The second kappa shape index (κ2) is 8.37. The molecule has 0 atom stereocenters. The Morgan fingerprint density at radius 3 is 2.46 bits per heavy atom. The van der Waals surface area contributed by atoms with Crippen LogP contribution in [0, 0.1) is 0 Å². The van der Waals surface area contributed by atoms with Gasteiger partial charge in [-0.1, -0.05) is 23.2 Å². The number of hydrogen-bond acceptors (Lipinski definition) is 4. The highest BCUT2D eigenvalue weighted by Crippen LogP contribution is 2.32. The second-order valence-electron chi connectivity index (χ2n) is 4.55. The first-order valence-corrected chi connectivity index (χ1v) is 8.21. The van der Waals surface area contributed by atoms with Gasteiger partial charge in [-0.15, -0.1) is 0 Å². The Kier molecular flexibility index (Phi) is 6.48. The number of hydrogen-bond donors (Lipinski definition) is 1. The average Bonchev–Trinajstić information content (AvgIpc) is 2.55. The lowest BCUT2D eigenvalue weighted by Crippen LogP contribution is -2.18. The summed E-state index contributed by atoms with van der Waals surface area (Å²) in [5.74, 6) is 0.692. The lowest BCUT2D eigenvalue weighted by molar-refractivity contribution is 0.0955. The maximum absolute atomic E-state index is 12.1. The molecule has 2 aromatic rings. The van der Waals surface area contributed by atoms with Crippen LogP contribution in [0.2, 0.25) is 10.0 Å². The van der Waals surface area contributed by atoms with Crippen molar-refractivity contribution in [2.24, 2.45) is 5.10 Å². The fourth-order valence-corrected chi connectivity index (χ4v) is 2.78. The van der Waals surface area contributed by atoms with Crippen LogP contribution in [0.1, 0.15) is 15.9 Å². The van der Waals surface area contributed by atoms with E-state index in [4.69, 9.17) is 32.7 Å². The first kappa shape index (κ1) is 18.6. The van der Waals surface area contributed by atoms with Gasteiger partial charge in [0.05, 0.1) is 31.0 Å². The zero-order valence-electron chi connectivity index (χ0n) is 12.8. The van der Waals surface area contributed by atoms with E-state index < -0.39 is 5.91 Å². The van der Waals surface area contributed by atoms with Crippen LogP contribution in [0.4, 0.5) is 0 Å². The van der Waals surface area contributed by atoms with Gasteiger partial charge in [-0.25, -0.2) is 5.43 Å². The number of nitrogens with one attached hydrogen (secondary N) is 1. The third-order valence-electron chi connectivity index (χ3n) is 3.05. The molecule has 2 aromatic carbocycles. The molecule has 1 amide bonds. The lowest BCUT2D eigenvalue weighted by Gasteiger charge is -2.09. The largest absolute Gasteiger partial charge is 0.493 e. The molecule has 0 bridgehead atoms. The SMILES string of the molecule is COc1cc(Br)c(/C=N/NC(=O)c2ccc(Cl)cc2Cl)cc1OC. The molecule has 0 fully saturated rings. The van der Waals surface area contributed by atoms with Gasteiger partial charge in [-0.05, 0) is 46.3 Å². The minimum absolute atomic E-state index is 0.252. The molecule has 0 heterocycles. The monoisotopic (exact) mass is 430 g/mol. The van der Waals surface area contributed by atoms with Crippen molar-refractivity contribution in [3.8, 4) is 11.5 Å². The van der Waals surface area contributed by atoms with E-state index in [1.54, 1.807) is 25.3 Å². The van der Waals surface area contributed by atoms with Crippen molar-refractivity contribution in [2.45, 2.75) is 0 Å². The van der Waals surface area contributed by atoms with Gasteiger partial charge in [-0.3, -0.25) is 4.79 Å². The standard InChI is InChI=1S/C16H13BrCl2N2O3/c1-23-14-5-9(12(17)7-15(14)24-2)8-20-21-16(22)11-4-3-10(18)6-13(11)19/h3-8H,1-2H3,(H,21,22)/b20-8+. The zero-order chi connectivity index (χ0) is 17.7. The molecule has 0 aliphatic heterocycles. The highest BCUT2D eigenvalue weighted by atomic mass is 79.9. The topological polar surface area (TPSA) is 59.9 Å². The van der Waals surface area contributed by atoms with Gasteiger partial charge in [0.15, 0.2) is 11.5 Å². The zero-order valence-corrected chi connectivity index (χ0v) is 15.9. The van der Waals surface area contributed by atoms with Crippen LogP contribution in [0.5, 0.6) is 11.5 Å². The van der Waals surface area contributed by atoms with Crippen molar-refractivity contribution in [2.75, 3.05) is 14.2 Å². The summed E-state index contributed by atoms with van der Waals surface area (Å²) in [5, 5.41) is 4.64. The molecule has 1 N–H and O–H groups in total. The Morgan fingerprint density at radius 1 is 1.17 bits per heavy atom. The summed E-state index contributed by atoms with van der Waals surface area (Å²) in [7, 11) is 3.09. The van der Waals surface area contributed by atoms with Crippen LogP contribution < -0.4 is 14.9 Å². The number of ether oxygens (including phenoxy) is 2. The van der Waals surface area contributed by atoms with Crippen molar-refractivity contribution in [1.82, 2.24) is 5.43 Å². The van der Waals surface area contributed by atoms with Gasteiger partial charge in [0.2, 0.25) is 0 Å². The summed E-state index contributed by atoms with van der Waals surface area (Å²) < 4.78 is 11.2. The van der Waals surface area contributed by atoms with E-state index in [2.05, 4.69) is 26.5 Å². The van der Waals surface area contributed by atoms with E-state index in [0.717, 1.165) is 4.47 Å². The Bertz CT molecular complexity index is 797. The average molecular weight is 432 g/mol. The molecule has 0 spiro atoms. The maximum Gasteiger partial charge on any atom is 0.272 e. The van der Waals surface area contributed by atoms with E-state index in [1.165, 1.54) is 25.5 Å². The molecular weight excluding hydrogens is 419 g/mol. The molecule has 0 aliphatic rings. The van der Waals surface area contributed by atoms with E-state index >= 15 is 0 Å². The summed E-state index contributed by atoms with van der Waals surface area (Å²) >= 11 is 15.2. The van der Waals surface area contributed by atoms with Crippen LogP contribution in [-0.2, 0) is 0 Å². The van der Waals surface area contributed by atoms with Crippen LogP contribution in [0.3, 0.4) is 0 Å². The van der Waals surface area contributed by atoms with Gasteiger partial charge in [0, 0.05) is 15.1 Å². The van der Waals surface area contributed by atoms with E-state index in [-0.39, 0.29) is 10.6 Å². The number of methoxy groups -OCH3 is 2. The molecule has 0 radical (unpaired) electrons. The summed E-state index contributed by atoms with van der Waals surface area (Å²) in [5.41, 5.74) is 3.40. The summed E-state index contributed by atoms with van der Waals surface area (Å²) in [6.45, 7) is 0. The van der Waals surface area contributed by atoms with Gasteiger partial charge in [0.1, 0.15) is 0 Å². The highest BCUT2D eigenvalue weighted by molar-refractivity contribution is 9.10.